The SMILES string of the molecule is CCOC(=O)c1noc(-c2cccc(C(F)(F)F)c2)n1. The minimum absolute atomic E-state index is 0.0721. The van der Waals surface area contributed by atoms with Crippen molar-refractivity contribution in [2.75, 3.05) is 6.61 Å². The highest BCUT2D eigenvalue weighted by atomic mass is 19.4. The fraction of sp³-hybridized carbons (Fsp3) is 0.250. The van der Waals surface area contributed by atoms with Gasteiger partial charge in [0.05, 0.1) is 12.2 Å². The molecule has 0 aliphatic heterocycles. The Morgan fingerprint density at radius 3 is 2.80 bits per heavy atom. The van der Waals surface area contributed by atoms with Crippen LogP contribution in [0.3, 0.4) is 0 Å². The number of alkyl halides is 3. The molecule has 8 heteroatoms. The van der Waals surface area contributed by atoms with Gasteiger partial charge in [-0.3, -0.25) is 0 Å². The van der Waals surface area contributed by atoms with E-state index in [0.29, 0.717) is 0 Å². The molecule has 0 radical (unpaired) electrons. The maximum absolute atomic E-state index is 12.6. The van der Waals surface area contributed by atoms with Crippen molar-refractivity contribution in [2.24, 2.45) is 0 Å². The van der Waals surface area contributed by atoms with Crippen LogP contribution >= 0.6 is 0 Å². The van der Waals surface area contributed by atoms with E-state index in [1.165, 1.54) is 12.1 Å². The van der Waals surface area contributed by atoms with Gasteiger partial charge in [-0.25, -0.2) is 4.79 Å². The number of nitrogens with zero attached hydrogens (tertiary/aromatic N) is 2. The molecule has 0 unspecified atom stereocenters. The van der Waals surface area contributed by atoms with Gasteiger partial charge in [-0.15, -0.1) is 0 Å². The molecule has 0 bridgehead atoms. The van der Waals surface area contributed by atoms with Crippen molar-refractivity contribution in [3.8, 4) is 11.5 Å². The number of carbonyl (C=O) groups is 1. The Morgan fingerprint density at radius 2 is 2.15 bits per heavy atom. The van der Waals surface area contributed by atoms with Crippen LogP contribution in [0.25, 0.3) is 11.5 Å². The van der Waals surface area contributed by atoms with E-state index in [9.17, 15) is 18.0 Å². The van der Waals surface area contributed by atoms with E-state index < -0.39 is 17.7 Å². The molecule has 106 valence electrons. The molecule has 0 spiro atoms. The highest BCUT2D eigenvalue weighted by molar-refractivity contribution is 5.85. The summed E-state index contributed by atoms with van der Waals surface area (Å²) in [6.45, 7) is 1.73. The predicted octanol–water partition coefficient (Wildman–Crippen LogP) is 2.93. The number of hydrogen-bond donors (Lipinski definition) is 0. The Morgan fingerprint density at radius 1 is 1.40 bits per heavy atom. The van der Waals surface area contributed by atoms with Gasteiger partial charge in [0.1, 0.15) is 0 Å². The van der Waals surface area contributed by atoms with Crippen molar-refractivity contribution >= 4 is 5.97 Å². The first-order chi connectivity index (χ1) is 9.41. The van der Waals surface area contributed by atoms with Gasteiger partial charge in [0.25, 0.3) is 11.7 Å². The van der Waals surface area contributed by atoms with Crippen molar-refractivity contribution in [3.05, 3.63) is 35.7 Å². The zero-order valence-corrected chi connectivity index (χ0v) is 10.3. The lowest BCUT2D eigenvalue weighted by Crippen LogP contribution is -2.06. The molecule has 0 amide bonds. The second-order valence-corrected chi connectivity index (χ2v) is 3.72. The van der Waals surface area contributed by atoms with Crippen molar-refractivity contribution in [2.45, 2.75) is 13.1 Å². The summed E-state index contributed by atoms with van der Waals surface area (Å²) >= 11 is 0. The molecule has 5 nitrogen and oxygen atoms in total. The summed E-state index contributed by atoms with van der Waals surface area (Å²) in [5.41, 5.74) is -0.770. The molecular formula is C12H9F3N2O3. The van der Waals surface area contributed by atoms with Gasteiger partial charge in [-0.2, -0.15) is 18.2 Å². The summed E-state index contributed by atoms with van der Waals surface area (Å²) in [5.74, 6) is -1.31. The average molecular weight is 286 g/mol. The van der Waals surface area contributed by atoms with Crippen LogP contribution < -0.4 is 0 Å². The first-order valence-electron chi connectivity index (χ1n) is 5.60. The number of ether oxygens (including phenoxy) is 1. The van der Waals surface area contributed by atoms with E-state index in [4.69, 9.17) is 4.52 Å². The molecule has 1 heterocycles. The fourth-order valence-corrected chi connectivity index (χ4v) is 1.45. The Kier molecular flexibility index (Phi) is 3.73. The zero-order valence-electron chi connectivity index (χ0n) is 10.3. The lowest BCUT2D eigenvalue weighted by Gasteiger charge is -2.06. The first kappa shape index (κ1) is 14.0. The quantitative estimate of drug-likeness (QED) is 0.812. The summed E-state index contributed by atoms with van der Waals surface area (Å²) < 4.78 is 47.1. The molecular weight excluding hydrogens is 277 g/mol. The number of hydrogen-bond acceptors (Lipinski definition) is 5. The monoisotopic (exact) mass is 286 g/mol. The fourth-order valence-electron chi connectivity index (χ4n) is 1.45. The zero-order chi connectivity index (χ0) is 14.8. The van der Waals surface area contributed by atoms with E-state index in [-0.39, 0.29) is 23.9 Å². The molecule has 20 heavy (non-hydrogen) atoms. The topological polar surface area (TPSA) is 65.2 Å². The van der Waals surface area contributed by atoms with Crippen LogP contribution in [0.15, 0.2) is 28.8 Å². The normalized spacial score (nSPS) is 11.4. The van der Waals surface area contributed by atoms with Crippen LogP contribution in [-0.4, -0.2) is 22.7 Å². The number of aromatic nitrogens is 2. The van der Waals surface area contributed by atoms with Crippen molar-refractivity contribution < 1.29 is 27.2 Å². The molecule has 0 saturated carbocycles. The average Bonchev–Trinajstić information content (AvgIpc) is 2.88. The Hall–Kier alpha value is -2.38. The smallest absolute Gasteiger partial charge is 0.416 e. The predicted molar refractivity (Wildman–Crippen MR) is 60.7 cm³/mol. The van der Waals surface area contributed by atoms with Gasteiger partial charge in [-0.1, -0.05) is 6.07 Å². The van der Waals surface area contributed by atoms with Gasteiger partial charge in [-0.05, 0) is 30.3 Å². The van der Waals surface area contributed by atoms with Crippen LogP contribution in [0.2, 0.25) is 0 Å². The van der Waals surface area contributed by atoms with E-state index in [2.05, 4.69) is 14.9 Å². The highest BCUT2D eigenvalue weighted by Gasteiger charge is 2.31. The Labute approximate surface area is 111 Å². The number of benzene rings is 1. The number of carbonyl (C=O) groups excluding carboxylic acids is 1. The number of rotatable bonds is 3. The maximum atomic E-state index is 12.6. The lowest BCUT2D eigenvalue weighted by molar-refractivity contribution is -0.137. The number of esters is 1. The highest BCUT2D eigenvalue weighted by Crippen LogP contribution is 2.31. The standard InChI is InChI=1S/C12H9F3N2O3/c1-2-19-11(18)9-16-10(20-17-9)7-4-3-5-8(6-7)12(13,14)15/h3-6H,2H2,1H3. The second kappa shape index (κ2) is 5.32. The minimum atomic E-state index is -4.47. The van der Waals surface area contributed by atoms with Crippen molar-refractivity contribution in [1.29, 1.82) is 0 Å². The lowest BCUT2D eigenvalue weighted by atomic mass is 10.1. The summed E-state index contributed by atoms with van der Waals surface area (Å²) in [6.07, 6.45) is -4.47. The number of halogens is 3. The van der Waals surface area contributed by atoms with Crippen molar-refractivity contribution in [1.82, 2.24) is 10.1 Å². The van der Waals surface area contributed by atoms with Gasteiger partial charge in [0.15, 0.2) is 0 Å². The molecule has 0 aliphatic rings. The Balaban J connectivity index is 2.31. The van der Waals surface area contributed by atoms with Crippen molar-refractivity contribution in [3.63, 3.8) is 0 Å². The third-order valence-electron chi connectivity index (χ3n) is 2.32. The Bertz CT molecular complexity index is 622. The van der Waals surface area contributed by atoms with Crippen LogP contribution in [0.1, 0.15) is 23.1 Å². The molecule has 2 aromatic rings. The molecule has 0 saturated heterocycles. The van der Waals surface area contributed by atoms with E-state index in [0.717, 1.165) is 12.1 Å². The van der Waals surface area contributed by atoms with Gasteiger partial charge >= 0.3 is 12.1 Å². The first-order valence-corrected chi connectivity index (χ1v) is 5.60. The third kappa shape index (κ3) is 2.95. The van der Waals surface area contributed by atoms with Crippen LogP contribution in [-0.2, 0) is 10.9 Å². The minimum Gasteiger partial charge on any atom is -0.460 e. The van der Waals surface area contributed by atoms with E-state index >= 15 is 0 Å². The van der Waals surface area contributed by atoms with Gasteiger partial charge < -0.3 is 9.26 Å². The maximum Gasteiger partial charge on any atom is 0.416 e. The van der Waals surface area contributed by atoms with Gasteiger partial charge in [0.2, 0.25) is 0 Å². The summed E-state index contributed by atoms with van der Waals surface area (Å²) in [4.78, 5) is 15.0. The molecule has 0 aliphatic carbocycles. The summed E-state index contributed by atoms with van der Waals surface area (Å²) in [5, 5.41) is 3.36. The molecule has 2 rings (SSSR count). The second-order valence-electron chi connectivity index (χ2n) is 3.72. The largest absolute Gasteiger partial charge is 0.460 e. The van der Waals surface area contributed by atoms with E-state index in [1.807, 2.05) is 0 Å². The molecule has 0 N–H and O–H groups in total. The van der Waals surface area contributed by atoms with Crippen LogP contribution in [0.5, 0.6) is 0 Å². The summed E-state index contributed by atoms with van der Waals surface area (Å²) in [7, 11) is 0. The van der Waals surface area contributed by atoms with E-state index in [1.54, 1.807) is 6.92 Å². The van der Waals surface area contributed by atoms with Crippen LogP contribution in [0.4, 0.5) is 13.2 Å². The molecule has 1 aromatic heterocycles. The molecule has 0 fully saturated rings. The van der Waals surface area contributed by atoms with Crippen LogP contribution in [0, 0.1) is 0 Å². The molecule has 1 aromatic carbocycles. The van der Waals surface area contributed by atoms with Gasteiger partial charge in [0, 0.05) is 5.56 Å². The summed E-state index contributed by atoms with van der Waals surface area (Å²) in [6, 6.07) is 4.37. The molecule has 0 atom stereocenters. The third-order valence-corrected chi connectivity index (χ3v) is 2.32.